The van der Waals surface area contributed by atoms with Gasteiger partial charge >= 0.3 is 0 Å². The minimum atomic E-state index is -3.73. The van der Waals surface area contributed by atoms with Crippen LogP contribution in [-0.2, 0) is 10.0 Å². The van der Waals surface area contributed by atoms with Gasteiger partial charge in [0.1, 0.15) is 22.2 Å². The van der Waals surface area contributed by atoms with E-state index in [0.29, 0.717) is 23.8 Å². The Morgan fingerprint density at radius 2 is 1.63 bits per heavy atom. The van der Waals surface area contributed by atoms with E-state index in [4.69, 9.17) is 4.74 Å². The standard InChI is InChI=1S/C20H17N3O3S/c1-2-19-22-27(24,25)18-9-6-14-21-20(18)23(19)15-10-12-17(13-11-15)26-16-7-4-3-5-8-16/h3-14H,2H2,1H3. The molecule has 0 amide bonds. The summed E-state index contributed by atoms with van der Waals surface area (Å²) < 4.78 is 34.6. The van der Waals surface area contributed by atoms with Gasteiger partial charge in [0, 0.05) is 18.3 Å². The molecule has 0 N–H and O–H groups in total. The lowest BCUT2D eigenvalue weighted by Gasteiger charge is -2.29. The third kappa shape index (κ3) is 3.29. The Morgan fingerprint density at radius 3 is 2.33 bits per heavy atom. The number of pyridine rings is 1. The van der Waals surface area contributed by atoms with Crippen molar-refractivity contribution in [2.75, 3.05) is 4.90 Å². The number of hydrogen-bond acceptors (Lipinski definition) is 5. The summed E-state index contributed by atoms with van der Waals surface area (Å²) in [5.74, 6) is 2.22. The zero-order valence-corrected chi connectivity index (χ0v) is 15.4. The molecule has 0 saturated heterocycles. The molecular formula is C20H17N3O3S. The van der Waals surface area contributed by atoms with E-state index >= 15 is 0 Å². The SMILES string of the molecule is CCC1=NS(=O)(=O)c2cccnc2N1c1ccc(Oc2ccccc2)cc1. The van der Waals surface area contributed by atoms with E-state index in [1.165, 1.54) is 6.07 Å². The van der Waals surface area contributed by atoms with Crippen LogP contribution in [0.15, 0.2) is 82.2 Å². The van der Waals surface area contributed by atoms with Crippen molar-refractivity contribution in [2.24, 2.45) is 4.40 Å². The summed E-state index contributed by atoms with van der Waals surface area (Å²) in [5, 5.41) is 0. The van der Waals surface area contributed by atoms with Crippen molar-refractivity contribution in [3.8, 4) is 11.5 Å². The molecule has 4 rings (SSSR count). The first-order chi connectivity index (χ1) is 13.1. The van der Waals surface area contributed by atoms with E-state index in [0.717, 1.165) is 11.4 Å². The summed E-state index contributed by atoms with van der Waals surface area (Å²) in [6, 6.07) is 20.0. The van der Waals surface area contributed by atoms with Crippen LogP contribution in [0.3, 0.4) is 0 Å². The molecule has 2 heterocycles. The zero-order valence-electron chi connectivity index (χ0n) is 14.6. The van der Waals surface area contributed by atoms with Crippen LogP contribution in [0.4, 0.5) is 11.5 Å². The van der Waals surface area contributed by atoms with Crippen molar-refractivity contribution in [2.45, 2.75) is 18.2 Å². The predicted molar refractivity (Wildman–Crippen MR) is 104 cm³/mol. The molecule has 6 nitrogen and oxygen atoms in total. The number of amidine groups is 1. The van der Waals surface area contributed by atoms with Gasteiger partial charge in [0.15, 0.2) is 5.82 Å². The van der Waals surface area contributed by atoms with Crippen molar-refractivity contribution in [3.63, 3.8) is 0 Å². The largest absolute Gasteiger partial charge is 0.457 e. The number of rotatable bonds is 4. The molecule has 7 heteroatoms. The number of aromatic nitrogens is 1. The number of anilines is 2. The fourth-order valence-electron chi connectivity index (χ4n) is 2.88. The normalized spacial score (nSPS) is 15.0. The van der Waals surface area contributed by atoms with Crippen LogP contribution < -0.4 is 9.64 Å². The van der Waals surface area contributed by atoms with Crippen LogP contribution in [0.2, 0.25) is 0 Å². The lowest BCUT2D eigenvalue weighted by Crippen LogP contribution is -2.32. The van der Waals surface area contributed by atoms with E-state index in [2.05, 4.69) is 9.38 Å². The highest BCUT2D eigenvalue weighted by Crippen LogP contribution is 2.36. The highest BCUT2D eigenvalue weighted by atomic mass is 32.2. The Hall–Kier alpha value is -3.19. The maximum Gasteiger partial charge on any atom is 0.287 e. The molecule has 0 bridgehead atoms. The van der Waals surface area contributed by atoms with Gasteiger partial charge in [-0.25, -0.2) is 4.98 Å². The van der Waals surface area contributed by atoms with Gasteiger partial charge in [-0.1, -0.05) is 25.1 Å². The van der Waals surface area contributed by atoms with Crippen molar-refractivity contribution < 1.29 is 13.2 Å². The lowest BCUT2D eigenvalue weighted by atomic mass is 10.2. The molecule has 1 aromatic heterocycles. The van der Waals surface area contributed by atoms with Crippen LogP contribution in [-0.4, -0.2) is 19.2 Å². The second-order valence-electron chi connectivity index (χ2n) is 5.91. The van der Waals surface area contributed by atoms with Gasteiger partial charge in [0.05, 0.1) is 0 Å². The van der Waals surface area contributed by atoms with Gasteiger partial charge in [-0.2, -0.15) is 8.42 Å². The first kappa shape index (κ1) is 17.2. The average Bonchev–Trinajstić information content (AvgIpc) is 2.69. The van der Waals surface area contributed by atoms with E-state index in [1.54, 1.807) is 17.2 Å². The number of para-hydroxylation sites is 1. The number of nitrogens with zero attached hydrogens (tertiary/aromatic N) is 3. The molecule has 0 saturated carbocycles. The zero-order chi connectivity index (χ0) is 18.9. The molecule has 1 aliphatic rings. The lowest BCUT2D eigenvalue weighted by molar-refractivity contribution is 0.483. The van der Waals surface area contributed by atoms with Crippen molar-refractivity contribution in [1.29, 1.82) is 0 Å². The number of hydrogen-bond donors (Lipinski definition) is 0. The second-order valence-corrected chi connectivity index (χ2v) is 7.48. The summed E-state index contributed by atoms with van der Waals surface area (Å²) in [6.07, 6.45) is 2.03. The van der Waals surface area contributed by atoms with Crippen LogP contribution in [0.1, 0.15) is 13.3 Å². The quantitative estimate of drug-likeness (QED) is 0.666. The van der Waals surface area contributed by atoms with Gasteiger partial charge in [-0.15, -0.1) is 4.40 Å². The van der Waals surface area contributed by atoms with E-state index in [-0.39, 0.29) is 4.90 Å². The smallest absolute Gasteiger partial charge is 0.287 e. The number of ether oxygens (including phenoxy) is 1. The average molecular weight is 379 g/mol. The molecular weight excluding hydrogens is 362 g/mol. The van der Waals surface area contributed by atoms with Crippen molar-refractivity contribution in [3.05, 3.63) is 72.9 Å². The van der Waals surface area contributed by atoms with Gasteiger partial charge in [0.25, 0.3) is 10.0 Å². The predicted octanol–water partition coefficient (Wildman–Crippen LogP) is 4.52. The Kier molecular flexibility index (Phi) is 4.37. The minimum Gasteiger partial charge on any atom is -0.457 e. The number of fused-ring (bicyclic) bond motifs is 1. The van der Waals surface area contributed by atoms with E-state index in [1.807, 2.05) is 61.5 Å². The summed E-state index contributed by atoms with van der Waals surface area (Å²) >= 11 is 0. The van der Waals surface area contributed by atoms with Crippen molar-refractivity contribution >= 4 is 27.4 Å². The molecule has 0 unspecified atom stereocenters. The Labute approximate surface area is 157 Å². The van der Waals surface area contributed by atoms with Gasteiger partial charge in [-0.3, -0.25) is 4.90 Å². The molecule has 3 aromatic rings. The van der Waals surface area contributed by atoms with Crippen LogP contribution >= 0.6 is 0 Å². The maximum atomic E-state index is 12.4. The topological polar surface area (TPSA) is 71.9 Å². The third-order valence-electron chi connectivity index (χ3n) is 4.11. The Morgan fingerprint density at radius 1 is 0.926 bits per heavy atom. The minimum absolute atomic E-state index is 0.104. The molecule has 1 aliphatic heterocycles. The molecule has 0 spiro atoms. The Bertz CT molecular complexity index is 1090. The molecule has 0 fully saturated rings. The fourth-order valence-corrected chi connectivity index (χ4v) is 4.10. The number of benzene rings is 2. The maximum absolute atomic E-state index is 12.4. The van der Waals surface area contributed by atoms with Crippen molar-refractivity contribution in [1.82, 2.24) is 4.98 Å². The molecule has 0 radical (unpaired) electrons. The fraction of sp³-hybridized carbons (Fsp3) is 0.100. The summed E-state index contributed by atoms with van der Waals surface area (Å²) in [4.78, 5) is 6.17. The van der Waals surface area contributed by atoms with Gasteiger partial charge in [-0.05, 0) is 48.5 Å². The monoisotopic (exact) mass is 379 g/mol. The number of sulfonamides is 1. The van der Waals surface area contributed by atoms with E-state index < -0.39 is 10.0 Å². The first-order valence-corrected chi connectivity index (χ1v) is 9.94. The Balaban J connectivity index is 1.72. The first-order valence-electron chi connectivity index (χ1n) is 8.50. The molecule has 2 aromatic carbocycles. The van der Waals surface area contributed by atoms with E-state index in [9.17, 15) is 8.42 Å². The highest BCUT2D eigenvalue weighted by Gasteiger charge is 2.31. The summed E-state index contributed by atoms with van der Waals surface area (Å²) in [7, 11) is -3.73. The van der Waals surface area contributed by atoms with Crippen LogP contribution in [0, 0.1) is 0 Å². The van der Waals surface area contributed by atoms with Crippen LogP contribution in [0.5, 0.6) is 11.5 Å². The molecule has 0 atom stereocenters. The van der Waals surface area contributed by atoms with Gasteiger partial charge < -0.3 is 4.74 Å². The molecule has 27 heavy (non-hydrogen) atoms. The molecule has 0 aliphatic carbocycles. The van der Waals surface area contributed by atoms with Gasteiger partial charge in [0.2, 0.25) is 0 Å². The highest BCUT2D eigenvalue weighted by molar-refractivity contribution is 7.90. The third-order valence-corrected chi connectivity index (χ3v) is 5.44. The summed E-state index contributed by atoms with van der Waals surface area (Å²) in [6.45, 7) is 1.86. The second kappa shape index (κ2) is 6.85. The summed E-state index contributed by atoms with van der Waals surface area (Å²) in [5.41, 5.74) is 0.769. The van der Waals surface area contributed by atoms with Crippen LogP contribution in [0.25, 0.3) is 0 Å². The molecule has 136 valence electrons.